The molecule has 0 saturated heterocycles. The Bertz CT molecular complexity index is 2020. The first-order valence-corrected chi connectivity index (χ1v) is 22.2. The molecule has 0 aliphatic carbocycles. The van der Waals surface area contributed by atoms with Gasteiger partial charge in [-0.3, -0.25) is 9.59 Å². The number of anilines is 1. The van der Waals surface area contributed by atoms with E-state index in [0.29, 0.717) is 40.1 Å². The number of carboxylic acids is 2. The molecule has 10 nitrogen and oxygen atoms in total. The first-order chi connectivity index (χ1) is 28.5. The molecule has 6 N–H and O–H groups in total. The van der Waals surface area contributed by atoms with Crippen LogP contribution in [0.4, 0.5) is 5.69 Å². The highest BCUT2D eigenvalue weighted by atomic mass is 16.4. The summed E-state index contributed by atoms with van der Waals surface area (Å²) in [5, 5.41) is 50.7. The van der Waals surface area contributed by atoms with E-state index in [1.807, 2.05) is 0 Å². The number of aromatic carboxylic acids is 2. The van der Waals surface area contributed by atoms with Gasteiger partial charge in [-0.15, -0.1) is 0 Å². The van der Waals surface area contributed by atoms with Crippen molar-refractivity contribution in [3.63, 3.8) is 0 Å². The summed E-state index contributed by atoms with van der Waals surface area (Å²) in [6, 6.07) is 11.9. The highest BCUT2D eigenvalue weighted by molar-refractivity contribution is 6.06. The van der Waals surface area contributed by atoms with Crippen LogP contribution >= 0.6 is 0 Å². The topological polar surface area (TPSA) is 173 Å². The van der Waals surface area contributed by atoms with Gasteiger partial charge in [0.2, 0.25) is 5.91 Å². The van der Waals surface area contributed by atoms with Crippen LogP contribution in [0.5, 0.6) is 11.5 Å². The maximum absolute atomic E-state index is 13.6. The molecule has 0 bridgehead atoms. The number of benzene rings is 4. The lowest BCUT2D eigenvalue weighted by Gasteiger charge is -2.18. The number of unbranched alkanes of at least 4 members (excludes halogenated alkanes) is 18. The minimum Gasteiger partial charge on any atom is -0.507 e. The number of carboxylic acid groups (broad SMARTS) is 2. The van der Waals surface area contributed by atoms with Gasteiger partial charge in [0, 0.05) is 30.5 Å². The summed E-state index contributed by atoms with van der Waals surface area (Å²) in [5.41, 5.74) is 0.682. The molecule has 4 rings (SSSR count). The molecule has 0 unspecified atom stereocenters. The largest absolute Gasteiger partial charge is 0.507 e. The van der Waals surface area contributed by atoms with Crippen LogP contribution in [-0.4, -0.2) is 50.7 Å². The van der Waals surface area contributed by atoms with Crippen molar-refractivity contribution in [2.75, 3.05) is 11.9 Å². The van der Waals surface area contributed by atoms with Crippen LogP contribution < -0.4 is 10.6 Å². The molecule has 320 valence electrons. The van der Waals surface area contributed by atoms with Gasteiger partial charge in [0.1, 0.15) is 11.5 Å². The molecule has 0 aromatic heterocycles. The number of amides is 2. The molecule has 0 fully saturated rings. The molecule has 4 aromatic carbocycles. The predicted molar refractivity (Wildman–Crippen MR) is 237 cm³/mol. The van der Waals surface area contributed by atoms with Gasteiger partial charge in [0.05, 0.1) is 22.4 Å². The Morgan fingerprint density at radius 1 is 0.525 bits per heavy atom. The van der Waals surface area contributed by atoms with Gasteiger partial charge in [-0.25, -0.2) is 9.59 Å². The average Bonchev–Trinajstić information content (AvgIpc) is 3.22. The number of phenolic OH excluding ortho intramolecular Hbond substituents is 2. The number of hydrogen-bond acceptors (Lipinski definition) is 6. The van der Waals surface area contributed by atoms with Crippen molar-refractivity contribution in [1.29, 1.82) is 0 Å². The SMILES string of the molecule is CCCCCCCCCCCCNC(=O)c1cc2cc(C(=O)O)ccc2c(Cc2c(O)c(NC(=O)CCCCCCCCCCCC)cc3cc(C(=O)O)ccc23)c1O. The quantitative estimate of drug-likeness (QED) is 0.0243. The maximum Gasteiger partial charge on any atom is 0.335 e. The van der Waals surface area contributed by atoms with Crippen molar-refractivity contribution < 1.29 is 39.6 Å². The molecular weight excluding hydrogens is 745 g/mol. The Morgan fingerprint density at radius 2 is 0.966 bits per heavy atom. The van der Waals surface area contributed by atoms with Crippen LogP contribution in [0.1, 0.15) is 191 Å². The number of hydrogen-bond donors (Lipinski definition) is 6. The standard InChI is InChI=1S/C49H66N2O8/c1-3-5-7-9-11-13-15-17-19-21-23-44(52)51-43-32-37-30-35(49(58)59)25-27-39(37)41(46(43)54)33-40-38-26-24-34(48(56)57)29-36(38)31-42(45(40)53)47(55)50-28-22-20-18-16-14-12-10-8-6-4-2/h24-27,29-32,53-54H,3-23,28,33H2,1-2H3,(H,50,55)(H,51,52)(H,56,57)(H,58,59). The van der Waals surface area contributed by atoms with E-state index in [2.05, 4.69) is 24.5 Å². The Hall–Kier alpha value is -5.12. The van der Waals surface area contributed by atoms with Crippen LogP contribution in [-0.2, 0) is 11.2 Å². The molecular formula is C49H66N2O8. The minimum absolute atomic E-state index is 0.00692. The van der Waals surface area contributed by atoms with Gasteiger partial charge < -0.3 is 31.1 Å². The normalized spacial score (nSPS) is 11.3. The summed E-state index contributed by atoms with van der Waals surface area (Å²) in [6.45, 7) is 4.84. The van der Waals surface area contributed by atoms with Crippen LogP contribution in [0, 0.1) is 0 Å². The third-order valence-electron chi connectivity index (χ3n) is 11.4. The van der Waals surface area contributed by atoms with E-state index in [-0.39, 0.29) is 58.2 Å². The predicted octanol–water partition coefficient (Wildman–Crippen LogP) is 12.3. The van der Waals surface area contributed by atoms with Gasteiger partial charge in [0.25, 0.3) is 5.91 Å². The smallest absolute Gasteiger partial charge is 0.335 e. The number of carbonyl (C=O) groups is 4. The zero-order valence-corrected chi connectivity index (χ0v) is 35.3. The van der Waals surface area contributed by atoms with Gasteiger partial charge in [-0.2, -0.15) is 0 Å². The molecule has 0 saturated carbocycles. The van der Waals surface area contributed by atoms with Crippen molar-refractivity contribution in [1.82, 2.24) is 5.32 Å². The third-order valence-corrected chi connectivity index (χ3v) is 11.4. The Balaban J connectivity index is 1.55. The summed E-state index contributed by atoms with van der Waals surface area (Å²) in [5.74, 6) is -3.63. The van der Waals surface area contributed by atoms with Gasteiger partial charge in [0.15, 0.2) is 0 Å². The molecule has 10 heteroatoms. The Kier molecular flexibility index (Phi) is 19.5. The van der Waals surface area contributed by atoms with Crippen LogP contribution in [0.2, 0.25) is 0 Å². The van der Waals surface area contributed by atoms with E-state index in [1.54, 1.807) is 18.2 Å². The van der Waals surface area contributed by atoms with Crippen molar-refractivity contribution in [2.24, 2.45) is 0 Å². The van der Waals surface area contributed by atoms with Crippen LogP contribution in [0.25, 0.3) is 21.5 Å². The molecule has 0 aliphatic rings. The summed E-state index contributed by atoms with van der Waals surface area (Å²) in [4.78, 5) is 50.7. The monoisotopic (exact) mass is 810 g/mol. The fraction of sp³-hybridized carbons (Fsp3) is 0.510. The maximum atomic E-state index is 13.6. The van der Waals surface area contributed by atoms with Crippen LogP contribution in [0.15, 0.2) is 48.5 Å². The minimum atomic E-state index is -1.15. The van der Waals surface area contributed by atoms with Crippen molar-refractivity contribution in [2.45, 2.75) is 155 Å². The zero-order valence-electron chi connectivity index (χ0n) is 35.3. The second-order valence-corrected chi connectivity index (χ2v) is 16.1. The number of carbonyl (C=O) groups excluding carboxylic acids is 2. The first kappa shape index (κ1) is 46.6. The fourth-order valence-electron chi connectivity index (χ4n) is 7.91. The summed E-state index contributed by atoms with van der Waals surface area (Å²) >= 11 is 0. The molecule has 0 atom stereocenters. The van der Waals surface area contributed by atoms with E-state index in [0.717, 1.165) is 44.9 Å². The lowest BCUT2D eigenvalue weighted by atomic mass is 9.90. The van der Waals surface area contributed by atoms with E-state index >= 15 is 0 Å². The second kappa shape index (κ2) is 24.7. The summed E-state index contributed by atoms with van der Waals surface area (Å²) in [7, 11) is 0. The summed E-state index contributed by atoms with van der Waals surface area (Å²) < 4.78 is 0. The highest BCUT2D eigenvalue weighted by Crippen LogP contribution is 2.41. The van der Waals surface area contributed by atoms with E-state index in [4.69, 9.17) is 0 Å². The number of phenols is 2. The Labute approximate surface area is 349 Å². The third kappa shape index (κ3) is 14.3. The van der Waals surface area contributed by atoms with Crippen molar-refractivity contribution in [3.05, 3.63) is 76.3 Å². The number of rotatable bonds is 28. The molecule has 0 radical (unpaired) electrons. The number of fused-ring (bicyclic) bond motifs is 2. The second-order valence-electron chi connectivity index (χ2n) is 16.1. The number of nitrogens with one attached hydrogen (secondary N) is 2. The van der Waals surface area contributed by atoms with E-state index < -0.39 is 17.8 Å². The fourth-order valence-corrected chi connectivity index (χ4v) is 7.91. The molecule has 0 heterocycles. The number of aromatic hydroxyl groups is 2. The molecule has 0 spiro atoms. The molecule has 59 heavy (non-hydrogen) atoms. The van der Waals surface area contributed by atoms with Crippen molar-refractivity contribution in [3.8, 4) is 11.5 Å². The van der Waals surface area contributed by atoms with Gasteiger partial charge >= 0.3 is 11.9 Å². The summed E-state index contributed by atoms with van der Waals surface area (Å²) in [6.07, 6.45) is 23.0. The van der Waals surface area contributed by atoms with Gasteiger partial charge in [-0.1, -0.05) is 142 Å². The molecule has 0 aliphatic heterocycles. The Morgan fingerprint density at radius 3 is 1.46 bits per heavy atom. The van der Waals surface area contributed by atoms with E-state index in [1.165, 1.54) is 107 Å². The lowest BCUT2D eigenvalue weighted by molar-refractivity contribution is -0.116. The first-order valence-electron chi connectivity index (χ1n) is 22.2. The highest BCUT2D eigenvalue weighted by Gasteiger charge is 2.23. The van der Waals surface area contributed by atoms with Crippen molar-refractivity contribution >= 4 is 51.0 Å². The lowest BCUT2D eigenvalue weighted by Crippen LogP contribution is -2.24. The van der Waals surface area contributed by atoms with Gasteiger partial charge in [-0.05, 0) is 70.8 Å². The van der Waals surface area contributed by atoms with E-state index in [9.17, 15) is 39.6 Å². The molecule has 4 aromatic rings. The molecule has 2 amide bonds. The average molecular weight is 811 g/mol. The van der Waals surface area contributed by atoms with Crippen LogP contribution in [0.3, 0.4) is 0 Å². The zero-order chi connectivity index (χ0) is 42.6.